The van der Waals surface area contributed by atoms with Gasteiger partial charge in [0.2, 0.25) is 5.91 Å². The molecule has 2 aliphatic rings. The van der Waals surface area contributed by atoms with Crippen molar-refractivity contribution in [3.8, 4) is 0 Å². The van der Waals surface area contributed by atoms with Crippen molar-refractivity contribution in [3.63, 3.8) is 0 Å². The molecule has 1 aliphatic carbocycles. The molecule has 28 heavy (non-hydrogen) atoms. The number of aryl methyl sites for hydroxylation is 1. The number of rotatable bonds is 5. The van der Waals surface area contributed by atoms with Crippen LogP contribution in [-0.4, -0.2) is 36.3 Å². The number of amides is 2. The summed E-state index contributed by atoms with van der Waals surface area (Å²) in [5, 5.41) is 3.09. The molecule has 1 N–H and O–H groups in total. The van der Waals surface area contributed by atoms with Gasteiger partial charge in [-0.05, 0) is 61.1 Å². The van der Waals surface area contributed by atoms with Crippen LogP contribution in [0.2, 0.25) is 0 Å². The summed E-state index contributed by atoms with van der Waals surface area (Å²) in [6, 6.07) is 13.6. The summed E-state index contributed by atoms with van der Waals surface area (Å²) in [5.41, 5.74) is 2.69. The molecule has 1 saturated heterocycles. The highest BCUT2D eigenvalue weighted by Gasteiger charge is 2.41. The Kier molecular flexibility index (Phi) is 5.16. The van der Waals surface area contributed by atoms with Gasteiger partial charge in [-0.1, -0.05) is 24.3 Å². The van der Waals surface area contributed by atoms with Crippen LogP contribution >= 0.6 is 0 Å². The van der Waals surface area contributed by atoms with E-state index in [1.165, 1.54) is 37.1 Å². The molecular formula is C23H25FN2O2. The summed E-state index contributed by atoms with van der Waals surface area (Å²) >= 11 is 0. The molecule has 2 amide bonds. The Morgan fingerprint density at radius 2 is 1.79 bits per heavy atom. The minimum Gasteiger partial charge on any atom is -0.356 e. The molecule has 2 fully saturated rings. The van der Waals surface area contributed by atoms with Gasteiger partial charge in [-0.3, -0.25) is 9.59 Å². The third kappa shape index (κ3) is 3.93. The molecule has 0 unspecified atom stereocenters. The molecular weight excluding hydrogens is 355 g/mol. The van der Waals surface area contributed by atoms with Gasteiger partial charge in [-0.25, -0.2) is 4.39 Å². The SMILES string of the molecule is Cc1ccccc1[C@@H]1CN(C(=O)c2ccc(F)cc2)C[C@@H]1C(=O)NCC1CC1. The third-order valence-corrected chi connectivity index (χ3v) is 5.88. The zero-order chi connectivity index (χ0) is 19.7. The lowest BCUT2D eigenvalue weighted by Gasteiger charge is -2.20. The standard InChI is InChI=1S/C23H25FN2O2/c1-15-4-2-3-5-19(15)20-13-26(23(28)17-8-10-18(24)11-9-17)14-21(20)22(27)25-12-16-6-7-16/h2-5,8-11,16,20-21H,6-7,12-14H2,1H3,(H,25,27)/t20-,21-/m0/s1. The van der Waals surface area contributed by atoms with Crippen LogP contribution in [-0.2, 0) is 4.79 Å². The van der Waals surface area contributed by atoms with E-state index in [0.29, 0.717) is 24.6 Å². The highest BCUT2D eigenvalue weighted by atomic mass is 19.1. The number of carbonyl (C=O) groups excluding carboxylic acids is 2. The summed E-state index contributed by atoms with van der Waals surface area (Å²) in [7, 11) is 0. The molecule has 1 saturated carbocycles. The van der Waals surface area contributed by atoms with Crippen molar-refractivity contribution in [1.29, 1.82) is 0 Å². The van der Waals surface area contributed by atoms with E-state index in [-0.39, 0.29) is 29.5 Å². The first-order valence-corrected chi connectivity index (χ1v) is 9.91. The average molecular weight is 380 g/mol. The van der Waals surface area contributed by atoms with Gasteiger partial charge in [0.25, 0.3) is 5.91 Å². The van der Waals surface area contributed by atoms with Crippen LogP contribution in [0.1, 0.15) is 40.2 Å². The predicted molar refractivity (Wildman–Crippen MR) is 105 cm³/mol. The Morgan fingerprint density at radius 3 is 2.46 bits per heavy atom. The summed E-state index contributed by atoms with van der Waals surface area (Å²) in [6.45, 7) is 3.63. The van der Waals surface area contributed by atoms with Crippen molar-refractivity contribution in [2.45, 2.75) is 25.7 Å². The molecule has 0 radical (unpaired) electrons. The molecule has 4 rings (SSSR count). The van der Waals surface area contributed by atoms with Gasteiger partial charge in [0.05, 0.1) is 5.92 Å². The van der Waals surface area contributed by atoms with E-state index in [2.05, 4.69) is 5.32 Å². The Bertz CT molecular complexity index is 876. The molecule has 2 aromatic rings. The van der Waals surface area contributed by atoms with Crippen LogP contribution in [0.3, 0.4) is 0 Å². The lowest BCUT2D eigenvalue weighted by molar-refractivity contribution is -0.125. The van der Waals surface area contributed by atoms with E-state index in [1.807, 2.05) is 31.2 Å². The number of hydrogen-bond acceptors (Lipinski definition) is 2. The maximum atomic E-state index is 13.2. The Hall–Kier alpha value is -2.69. The first-order valence-electron chi connectivity index (χ1n) is 9.91. The van der Waals surface area contributed by atoms with Crippen molar-refractivity contribution in [2.24, 2.45) is 11.8 Å². The quantitative estimate of drug-likeness (QED) is 0.863. The average Bonchev–Trinajstić information content (AvgIpc) is 3.43. The highest BCUT2D eigenvalue weighted by molar-refractivity contribution is 5.95. The van der Waals surface area contributed by atoms with Crippen molar-refractivity contribution in [3.05, 3.63) is 71.0 Å². The first-order chi connectivity index (χ1) is 13.5. The van der Waals surface area contributed by atoms with Gasteiger partial charge in [0, 0.05) is 31.1 Å². The van der Waals surface area contributed by atoms with Crippen molar-refractivity contribution < 1.29 is 14.0 Å². The van der Waals surface area contributed by atoms with Crippen LogP contribution < -0.4 is 5.32 Å². The van der Waals surface area contributed by atoms with Gasteiger partial charge >= 0.3 is 0 Å². The van der Waals surface area contributed by atoms with E-state index in [9.17, 15) is 14.0 Å². The van der Waals surface area contributed by atoms with Gasteiger partial charge in [-0.15, -0.1) is 0 Å². The molecule has 146 valence electrons. The second-order valence-corrected chi connectivity index (χ2v) is 7.98. The van der Waals surface area contributed by atoms with Gasteiger partial charge < -0.3 is 10.2 Å². The van der Waals surface area contributed by atoms with Crippen molar-refractivity contribution >= 4 is 11.8 Å². The molecule has 2 aromatic carbocycles. The molecule has 2 atom stereocenters. The number of carbonyl (C=O) groups is 2. The molecule has 4 nitrogen and oxygen atoms in total. The maximum Gasteiger partial charge on any atom is 0.253 e. The summed E-state index contributed by atoms with van der Waals surface area (Å²) in [5.74, 6) is -0.202. The lowest BCUT2D eigenvalue weighted by atomic mass is 9.86. The van der Waals surface area contributed by atoms with Crippen LogP contribution in [0.4, 0.5) is 4.39 Å². The minimum atomic E-state index is -0.368. The fourth-order valence-corrected chi connectivity index (χ4v) is 4.03. The van der Waals surface area contributed by atoms with E-state index in [4.69, 9.17) is 0 Å². The normalized spacial score (nSPS) is 21.6. The maximum absolute atomic E-state index is 13.2. The molecule has 5 heteroatoms. The first kappa shape index (κ1) is 18.7. The van der Waals surface area contributed by atoms with Gasteiger partial charge in [0.1, 0.15) is 5.82 Å². The second kappa shape index (κ2) is 7.74. The number of halogens is 1. The number of likely N-dealkylation sites (tertiary alicyclic amines) is 1. The largest absolute Gasteiger partial charge is 0.356 e. The summed E-state index contributed by atoms with van der Waals surface area (Å²) in [6.07, 6.45) is 2.36. The molecule has 1 heterocycles. The Labute approximate surface area is 164 Å². The lowest BCUT2D eigenvalue weighted by Crippen LogP contribution is -2.36. The second-order valence-electron chi connectivity index (χ2n) is 7.98. The van der Waals surface area contributed by atoms with E-state index in [1.54, 1.807) is 4.90 Å². The van der Waals surface area contributed by atoms with Gasteiger partial charge in [0.15, 0.2) is 0 Å². The predicted octanol–water partition coefficient (Wildman–Crippen LogP) is 3.52. The zero-order valence-electron chi connectivity index (χ0n) is 16.0. The summed E-state index contributed by atoms with van der Waals surface area (Å²) in [4.78, 5) is 27.6. The highest BCUT2D eigenvalue weighted by Crippen LogP contribution is 2.36. The number of nitrogens with one attached hydrogen (secondary N) is 1. The molecule has 0 aromatic heterocycles. The summed E-state index contributed by atoms with van der Waals surface area (Å²) < 4.78 is 13.2. The minimum absolute atomic E-state index is 0.0227. The molecule has 0 bridgehead atoms. The Balaban J connectivity index is 1.56. The zero-order valence-corrected chi connectivity index (χ0v) is 16.0. The van der Waals surface area contributed by atoms with E-state index >= 15 is 0 Å². The fraction of sp³-hybridized carbons (Fsp3) is 0.391. The number of benzene rings is 2. The van der Waals surface area contributed by atoms with E-state index < -0.39 is 0 Å². The van der Waals surface area contributed by atoms with Crippen LogP contribution in [0.15, 0.2) is 48.5 Å². The molecule has 0 spiro atoms. The number of hydrogen-bond donors (Lipinski definition) is 1. The van der Waals surface area contributed by atoms with E-state index in [0.717, 1.165) is 17.7 Å². The molecule has 1 aliphatic heterocycles. The van der Waals surface area contributed by atoms with Crippen molar-refractivity contribution in [1.82, 2.24) is 10.2 Å². The topological polar surface area (TPSA) is 49.4 Å². The fourth-order valence-electron chi connectivity index (χ4n) is 4.03. The monoisotopic (exact) mass is 380 g/mol. The van der Waals surface area contributed by atoms with Crippen LogP contribution in [0.25, 0.3) is 0 Å². The van der Waals surface area contributed by atoms with Crippen LogP contribution in [0.5, 0.6) is 0 Å². The Morgan fingerprint density at radius 1 is 1.07 bits per heavy atom. The number of nitrogens with zero attached hydrogens (tertiary/aromatic N) is 1. The van der Waals surface area contributed by atoms with Crippen LogP contribution in [0, 0.1) is 24.6 Å². The third-order valence-electron chi connectivity index (χ3n) is 5.88. The van der Waals surface area contributed by atoms with Gasteiger partial charge in [-0.2, -0.15) is 0 Å². The van der Waals surface area contributed by atoms with Crippen molar-refractivity contribution in [2.75, 3.05) is 19.6 Å². The smallest absolute Gasteiger partial charge is 0.253 e.